The molecule has 0 aliphatic heterocycles. The number of halogens is 2. The van der Waals surface area contributed by atoms with Crippen LogP contribution < -0.4 is 5.43 Å². The van der Waals surface area contributed by atoms with Gasteiger partial charge in [0.1, 0.15) is 11.5 Å². The molecule has 1 aromatic carbocycles. The summed E-state index contributed by atoms with van der Waals surface area (Å²) in [5, 5.41) is 9.22. The molecule has 0 fully saturated rings. The molecule has 1 heterocycles. The molecule has 21 heavy (non-hydrogen) atoms. The summed E-state index contributed by atoms with van der Waals surface area (Å²) in [5.41, 5.74) is -1.12. The molecular weight excluding hydrogens is 280 g/mol. The van der Waals surface area contributed by atoms with Crippen molar-refractivity contribution in [3.8, 4) is 0 Å². The predicted molar refractivity (Wildman–Crippen MR) is 74.8 cm³/mol. The van der Waals surface area contributed by atoms with Gasteiger partial charge in [-0.1, -0.05) is 6.92 Å². The zero-order chi connectivity index (χ0) is 15.9. The first-order valence-electron chi connectivity index (χ1n) is 6.56. The number of carboxylic acid groups (broad SMARTS) is 1. The first-order chi connectivity index (χ1) is 9.79. The van der Waals surface area contributed by atoms with Gasteiger partial charge < -0.3 is 9.67 Å². The molecule has 4 nitrogen and oxygen atoms in total. The number of hydrogen-bond donors (Lipinski definition) is 1. The fraction of sp³-hybridized carbons (Fsp3) is 0.333. The number of aromatic carboxylic acids is 1. The lowest BCUT2D eigenvalue weighted by molar-refractivity contribution is 0.0681. The molecule has 2 aromatic rings. The van der Waals surface area contributed by atoms with E-state index in [0.29, 0.717) is 12.5 Å². The average molecular weight is 295 g/mol. The molecule has 0 aliphatic rings. The van der Waals surface area contributed by atoms with Gasteiger partial charge in [0, 0.05) is 17.7 Å². The molecule has 0 spiro atoms. The number of benzene rings is 1. The monoisotopic (exact) mass is 295 g/mol. The first kappa shape index (κ1) is 15.2. The van der Waals surface area contributed by atoms with Crippen molar-refractivity contribution in [1.82, 2.24) is 4.57 Å². The summed E-state index contributed by atoms with van der Waals surface area (Å²) in [7, 11) is 0. The summed E-state index contributed by atoms with van der Waals surface area (Å²) < 4.78 is 28.8. The quantitative estimate of drug-likeness (QED) is 0.945. The van der Waals surface area contributed by atoms with Gasteiger partial charge in [0.25, 0.3) is 0 Å². The Hall–Kier alpha value is -2.24. The maximum Gasteiger partial charge on any atom is 0.352 e. The Morgan fingerprint density at radius 3 is 2.52 bits per heavy atom. The van der Waals surface area contributed by atoms with E-state index in [1.54, 1.807) is 6.92 Å². The van der Waals surface area contributed by atoms with Crippen molar-refractivity contribution < 1.29 is 18.7 Å². The average Bonchev–Trinajstić information content (AvgIpc) is 2.41. The zero-order valence-electron chi connectivity index (χ0n) is 11.9. The highest BCUT2D eigenvalue weighted by Crippen LogP contribution is 2.26. The molecule has 6 heteroatoms. The predicted octanol–water partition coefficient (Wildman–Crippen LogP) is 3.26. The Kier molecular flexibility index (Phi) is 3.80. The van der Waals surface area contributed by atoms with Gasteiger partial charge in [-0.2, -0.15) is 0 Å². The third-order valence-electron chi connectivity index (χ3n) is 3.68. The summed E-state index contributed by atoms with van der Waals surface area (Å²) >= 11 is 0. The SMILES string of the molecule is CCC(C)n1c(C(=O)O)c(C)c(=O)c2cc(F)cc(F)c21. The number of aromatic nitrogens is 1. The van der Waals surface area contributed by atoms with Gasteiger partial charge in [0.05, 0.1) is 10.9 Å². The fourth-order valence-corrected chi connectivity index (χ4v) is 2.47. The minimum atomic E-state index is -1.31. The highest BCUT2D eigenvalue weighted by atomic mass is 19.1. The number of carbonyl (C=O) groups is 1. The molecule has 0 saturated heterocycles. The van der Waals surface area contributed by atoms with Gasteiger partial charge >= 0.3 is 5.97 Å². The summed E-state index contributed by atoms with van der Waals surface area (Å²) in [6, 6.07) is 1.25. The molecule has 0 saturated carbocycles. The summed E-state index contributed by atoms with van der Waals surface area (Å²) in [4.78, 5) is 23.7. The molecule has 2 rings (SSSR count). The summed E-state index contributed by atoms with van der Waals surface area (Å²) in [6.45, 7) is 4.89. The molecular formula is C15H15F2NO3. The Labute approximate surface area is 119 Å². The second kappa shape index (κ2) is 5.27. The van der Waals surface area contributed by atoms with Crippen molar-refractivity contribution in [2.75, 3.05) is 0 Å². The summed E-state index contributed by atoms with van der Waals surface area (Å²) in [5.74, 6) is -3.12. The van der Waals surface area contributed by atoms with Crippen LogP contribution in [-0.2, 0) is 0 Å². The fourth-order valence-electron chi connectivity index (χ4n) is 2.47. The number of pyridine rings is 1. The third kappa shape index (κ3) is 2.30. The highest BCUT2D eigenvalue weighted by Gasteiger charge is 2.24. The maximum absolute atomic E-state index is 14.2. The van der Waals surface area contributed by atoms with E-state index in [2.05, 4.69) is 0 Å². The van der Waals surface area contributed by atoms with Crippen molar-refractivity contribution in [1.29, 1.82) is 0 Å². The van der Waals surface area contributed by atoms with Crippen LogP contribution in [0.2, 0.25) is 0 Å². The molecule has 0 radical (unpaired) electrons. The smallest absolute Gasteiger partial charge is 0.352 e. The number of nitrogens with zero attached hydrogens (tertiary/aromatic N) is 1. The minimum Gasteiger partial charge on any atom is -0.477 e. The number of fused-ring (bicyclic) bond motifs is 1. The minimum absolute atomic E-state index is 0.0275. The van der Waals surface area contributed by atoms with Crippen LogP contribution >= 0.6 is 0 Å². The molecule has 1 N–H and O–H groups in total. The first-order valence-corrected chi connectivity index (χ1v) is 6.56. The standard InChI is InChI=1S/C15H15F2NO3/c1-4-7(2)18-12(15(20)21)8(3)14(19)10-5-9(16)6-11(17)13(10)18/h5-7H,4H2,1-3H3,(H,20,21). The molecule has 112 valence electrons. The van der Waals surface area contributed by atoms with E-state index in [9.17, 15) is 23.5 Å². The largest absolute Gasteiger partial charge is 0.477 e. The Bertz CT molecular complexity index is 796. The molecule has 1 aromatic heterocycles. The van der Waals surface area contributed by atoms with Crippen LogP contribution in [0.1, 0.15) is 42.4 Å². The van der Waals surface area contributed by atoms with Crippen LogP contribution in [0.5, 0.6) is 0 Å². The van der Waals surface area contributed by atoms with Gasteiger partial charge in [-0.3, -0.25) is 4.79 Å². The zero-order valence-corrected chi connectivity index (χ0v) is 11.9. The van der Waals surface area contributed by atoms with E-state index in [1.165, 1.54) is 11.5 Å². The van der Waals surface area contributed by atoms with E-state index in [4.69, 9.17) is 0 Å². The van der Waals surface area contributed by atoms with Crippen LogP contribution in [0.15, 0.2) is 16.9 Å². The van der Waals surface area contributed by atoms with Gasteiger partial charge in [0.15, 0.2) is 11.2 Å². The lowest BCUT2D eigenvalue weighted by Crippen LogP contribution is -2.25. The van der Waals surface area contributed by atoms with E-state index in [1.807, 2.05) is 6.92 Å². The topological polar surface area (TPSA) is 59.3 Å². The lowest BCUT2D eigenvalue weighted by Gasteiger charge is -2.22. The molecule has 0 amide bonds. The second-order valence-corrected chi connectivity index (χ2v) is 5.02. The van der Waals surface area contributed by atoms with E-state index >= 15 is 0 Å². The number of carboxylic acids is 1. The Balaban J connectivity index is 3.14. The van der Waals surface area contributed by atoms with Crippen LogP contribution in [0.4, 0.5) is 8.78 Å². The maximum atomic E-state index is 14.2. The normalized spacial score (nSPS) is 12.6. The highest BCUT2D eigenvalue weighted by molar-refractivity contribution is 5.92. The van der Waals surface area contributed by atoms with Crippen LogP contribution in [-0.4, -0.2) is 15.6 Å². The number of hydrogen-bond acceptors (Lipinski definition) is 2. The third-order valence-corrected chi connectivity index (χ3v) is 3.68. The van der Waals surface area contributed by atoms with Crippen molar-refractivity contribution in [3.05, 3.63) is 45.2 Å². The summed E-state index contributed by atoms with van der Waals surface area (Å²) in [6.07, 6.45) is 0.536. The van der Waals surface area contributed by atoms with E-state index in [-0.39, 0.29) is 28.2 Å². The van der Waals surface area contributed by atoms with Gasteiger partial charge in [-0.15, -0.1) is 0 Å². The van der Waals surface area contributed by atoms with E-state index in [0.717, 1.165) is 6.07 Å². The second-order valence-electron chi connectivity index (χ2n) is 5.02. The molecule has 1 unspecified atom stereocenters. The van der Waals surface area contributed by atoms with Crippen molar-refractivity contribution in [2.45, 2.75) is 33.2 Å². The van der Waals surface area contributed by atoms with Crippen LogP contribution in [0, 0.1) is 18.6 Å². The Morgan fingerprint density at radius 2 is 2.00 bits per heavy atom. The lowest BCUT2D eigenvalue weighted by atomic mass is 10.1. The van der Waals surface area contributed by atoms with Gasteiger partial charge in [-0.05, 0) is 26.3 Å². The molecule has 0 bridgehead atoms. The van der Waals surface area contributed by atoms with E-state index < -0.39 is 23.0 Å². The van der Waals surface area contributed by atoms with Gasteiger partial charge in [0.2, 0.25) is 0 Å². The van der Waals surface area contributed by atoms with Crippen LogP contribution in [0.25, 0.3) is 10.9 Å². The van der Waals surface area contributed by atoms with Crippen molar-refractivity contribution >= 4 is 16.9 Å². The molecule has 1 atom stereocenters. The van der Waals surface area contributed by atoms with Crippen LogP contribution in [0.3, 0.4) is 0 Å². The Morgan fingerprint density at radius 1 is 1.38 bits per heavy atom. The number of rotatable bonds is 3. The van der Waals surface area contributed by atoms with Gasteiger partial charge in [-0.25, -0.2) is 13.6 Å². The van der Waals surface area contributed by atoms with Crippen molar-refractivity contribution in [2.24, 2.45) is 0 Å². The van der Waals surface area contributed by atoms with Crippen molar-refractivity contribution in [3.63, 3.8) is 0 Å². The molecule has 0 aliphatic carbocycles.